The molecule has 0 radical (unpaired) electrons. The Labute approximate surface area is 149 Å². The Morgan fingerprint density at radius 1 is 1.20 bits per heavy atom. The SMILES string of the molecule is O=S(=O)(c1ccc(NCC2CN(C3CC3)CCO2)nc1)N1CCCC1. The van der Waals surface area contributed by atoms with Crippen LogP contribution in [0.5, 0.6) is 0 Å². The Morgan fingerprint density at radius 2 is 2.00 bits per heavy atom. The predicted octanol–water partition coefficient (Wildman–Crippen LogP) is 1.14. The van der Waals surface area contributed by atoms with Crippen molar-refractivity contribution in [3.63, 3.8) is 0 Å². The van der Waals surface area contributed by atoms with Gasteiger partial charge in [-0.15, -0.1) is 0 Å². The fraction of sp³-hybridized carbons (Fsp3) is 0.706. The minimum absolute atomic E-state index is 0.157. The molecule has 1 atom stereocenters. The summed E-state index contributed by atoms with van der Waals surface area (Å²) in [6.45, 7) is 4.68. The summed E-state index contributed by atoms with van der Waals surface area (Å²) in [6, 6.07) is 4.14. The molecule has 4 rings (SSSR count). The number of hydrogen-bond acceptors (Lipinski definition) is 6. The number of pyridine rings is 1. The quantitative estimate of drug-likeness (QED) is 0.814. The van der Waals surface area contributed by atoms with Crippen LogP contribution in [0.15, 0.2) is 23.2 Å². The van der Waals surface area contributed by atoms with Crippen molar-refractivity contribution in [2.75, 3.05) is 44.6 Å². The van der Waals surface area contributed by atoms with Gasteiger partial charge in [0.1, 0.15) is 10.7 Å². The van der Waals surface area contributed by atoms with Gasteiger partial charge >= 0.3 is 0 Å². The minimum atomic E-state index is -3.39. The summed E-state index contributed by atoms with van der Waals surface area (Å²) in [5.74, 6) is 0.688. The lowest BCUT2D eigenvalue weighted by atomic mass is 10.2. The predicted molar refractivity (Wildman–Crippen MR) is 95.1 cm³/mol. The maximum absolute atomic E-state index is 12.5. The molecule has 8 heteroatoms. The topological polar surface area (TPSA) is 74.8 Å². The summed E-state index contributed by atoms with van der Waals surface area (Å²) in [6.07, 6.45) is 6.11. The molecule has 3 heterocycles. The summed E-state index contributed by atoms with van der Waals surface area (Å²) < 4.78 is 32.4. The van der Waals surface area contributed by atoms with Crippen molar-refractivity contribution in [1.29, 1.82) is 0 Å². The number of rotatable bonds is 6. The fourth-order valence-corrected chi connectivity index (χ4v) is 5.03. The standard InChI is InChI=1S/C17H26N4O3S/c22-25(23,21-7-1-2-8-21)16-5-6-17(19-12-16)18-11-15-13-20(9-10-24-15)14-3-4-14/h5-6,12,14-15H,1-4,7-11,13H2,(H,18,19). The van der Waals surface area contributed by atoms with E-state index in [0.717, 1.165) is 38.6 Å². The second-order valence-electron chi connectivity index (χ2n) is 7.09. The van der Waals surface area contributed by atoms with Crippen molar-refractivity contribution < 1.29 is 13.2 Å². The molecule has 1 unspecified atom stereocenters. The molecule has 0 aromatic carbocycles. The van der Waals surface area contributed by atoms with E-state index >= 15 is 0 Å². The molecule has 0 amide bonds. The van der Waals surface area contributed by atoms with Crippen molar-refractivity contribution in [1.82, 2.24) is 14.2 Å². The third-order valence-corrected chi connectivity index (χ3v) is 7.07. The third kappa shape index (κ3) is 3.97. The van der Waals surface area contributed by atoms with Crippen LogP contribution >= 0.6 is 0 Å². The number of sulfonamides is 1. The molecular weight excluding hydrogens is 340 g/mol. The van der Waals surface area contributed by atoms with E-state index in [1.165, 1.54) is 19.0 Å². The molecule has 3 aliphatic rings. The smallest absolute Gasteiger partial charge is 0.244 e. The lowest BCUT2D eigenvalue weighted by Crippen LogP contribution is -2.46. The van der Waals surface area contributed by atoms with Gasteiger partial charge in [-0.25, -0.2) is 13.4 Å². The highest BCUT2D eigenvalue weighted by Gasteiger charge is 2.33. The molecule has 3 fully saturated rings. The summed E-state index contributed by atoms with van der Waals surface area (Å²) in [4.78, 5) is 7.06. The van der Waals surface area contributed by atoms with Crippen LogP contribution < -0.4 is 5.32 Å². The Balaban J connectivity index is 1.32. The molecule has 25 heavy (non-hydrogen) atoms. The Bertz CT molecular complexity index is 684. The van der Waals surface area contributed by atoms with Gasteiger partial charge in [0.2, 0.25) is 10.0 Å². The molecule has 7 nitrogen and oxygen atoms in total. The Morgan fingerprint density at radius 3 is 2.68 bits per heavy atom. The average molecular weight is 366 g/mol. The molecule has 1 N–H and O–H groups in total. The van der Waals surface area contributed by atoms with E-state index in [0.29, 0.717) is 25.5 Å². The van der Waals surface area contributed by atoms with E-state index in [9.17, 15) is 8.42 Å². The normalized spacial score (nSPS) is 26.0. The number of aromatic nitrogens is 1. The first-order chi connectivity index (χ1) is 12.1. The highest BCUT2D eigenvalue weighted by molar-refractivity contribution is 7.89. The third-order valence-electron chi connectivity index (χ3n) is 5.18. The van der Waals surface area contributed by atoms with E-state index in [1.807, 2.05) is 0 Å². The van der Waals surface area contributed by atoms with Gasteiger partial charge in [0.05, 0.1) is 12.7 Å². The van der Waals surface area contributed by atoms with E-state index in [1.54, 1.807) is 16.4 Å². The van der Waals surface area contributed by atoms with Gasteiger partial charge in [-0.1, -0.05) is 0 Å². The first-order valence-corrected chi connectivity index (χ1v) is 10.6. The summed E-state index contributed by atoms with van der Waals surface area (Å²) in [5, 5.41) is 3.27. The highest BCUT2D eigenvalue weighted by Crippen LogP contribution is 2.28. The zero-order valence-electron chi connectivity index (χ0n) is 14.4. The summed E-state index contributed by atoms with van der Waals surface area (Å²) in [5.41, 5.74) is 0. The fourth-order valence-electron chi connectivity index (χ4n) is 3.57. The number of nitrogens with one attached hydrogen (secondary N) is 1. The molecule has 2 saturated heterocycles. The maximum atomic E-state index is 12.5. The first kappa shape index (κ1) is 17.2. The second-order valence-corrected chi connectivity index (χ2v) is 9.03. The van der Waals surface area contributed by atoms with Gasteiger partial charge in [-0.05, 0) is 37.8 Å². The lowest BCUT2D eigenvalue weighted by molar-refractivity contribution is -0.0241. The van der Waals surface area contributed by atoms with Crippen molar-refractivity contribution in [2.45, 2.75) is 42.7 Å². The van der Waals surface area contributed by atoms with Crippen molar-refractivity contribution in [3.05, 3.63) is 18.3 Å². The molecule has 1 saturated carbocycles. The molecule has 0 bridgehead atoms. The van der Waals surface area contributed by atoms with Gasteiger partial charge < -0.3 is 10.1 Å². The molecular formula is C17H26N4O3S. The van der Waals surface area contributed by atoms with Crippen LogP contribution in [-0.4, -0.2) is 74.1 Å². The van der Waals surface area contributed by atoms with Crippen molar-refractivity contribution in [3.8, 4) is 0 Å². The van der Waals surface area contributed by atoms with Gasteiger partial charge in [0.15, 0.2) is 0 Å². The molecule has 1 aromatic heterocycles. The molecule has 2 aliphatic heterocycles. The van der Waals surface area contributed by atoms with Gasteiger partial charge in [-0.2, -0.15) is 4.31 Å². The van der Waals surface area contributed by atoms with Gasteiger partial charge in [0, 0.05) is 45.0 Å². The van der Waals surface area contributed by atoms with Crippen molar-refractivity contribution >= 4 is 15.8 Å². The minimum Gasteiger partial charge on any atom is -0.374 e. The lowest BCUT2D eigenvalue weighted by Gasteiger charge is -2.33. The van der Waals surface area contributed by atoms with Crippen LogP contribution in [0, 0.1) is 0 Å². The van der Waals surface area contributed by atoms with E-state index < -0.39 is 10.0 Å². The number of morpholine rings is 1. The number of nitrogens with zero attached hydrogens (tertiary/aromatic N) is 3. The summed E-state index contributed by atoms with van der Waals surface area (Å²) in [7, 11) is -3.39. The van der Waals surface area contributed by atoms with Crippen LogP contribution in [0.3, 0.4) is 0 Å². The zero-order valence-corrected chi connectivity index (χ0v) is 15.2. The van der Waals surface area contributed by atoms with Crippen molar-refractivity contribution in [2.24, 2.45) is 0 Å². The Kier molecular flexibility index (Phi) is 4.95. The van der Waals surface area contributed by atoms with Crippen LogP contribution in [0.25, 0.3) is 0 Å². The van der Waals surface area contributed by atoms with E-state index in [2.05, 4.69) is 15.2 Å². The van der Waals surface area contributed by atoms with Crippen LogP contribution in [0.2, 0.25) is 0 Å². The highest BCUT2D eigenvalue weighted by atomic mass is 32.2. The second kappa shape index (κ2) is 7.19. The maximum Gasteiger partial charge on any atom is 0.244 e. The first-order valence-electron chi connectivity index (χ1n) is 9.19. The zero-order chi connectivity index (χ0) is 17.3. The molecule has 1 aliphatic carbocycles. The van der Waals surface area contributed by atoms with Crippen LogP contribution in [-0.2, 0) is 14.8 Å². The molecule has 1 aromatic rings. The number of hydrogen-bond donors (Lipinski definition) is 1. The number of ether oxygens (including phenoxy) is 1. The van der Waals surface area contributed by atoms with Crippen LogP contribution in [0.1, 0.15) is 25.7 Å². The van der Waals surface area contributed by atoms with Gasteiger partial charge in [0.25, 0.3) is 0 Å². The Hall–Kier alpha value is -1.22. The monoisotopic (exact) mass is 366 g/mol. The average Bonchev–Trinajstić information content (AvgIpc) is 3.34. The number of anilines is 1. The summed E-state index contributed by atoms with van der Waals surface area (Å²) >= 11 is 0. The van der Waals surface area contributed by atoms with E-state index in [4.69, 9.17) is 4.74 Å². The molecule has 138 valence electrons. The van der Waals surface area contributed by atoms with Gasteiger partial charge in [-0.3, -0.25) is 4.90 Å². The van der Waals surface area contributed by atoms with E-state index in [-0.39, 0.29) is 11.0 Å². The van der Waals surface area contributed by atoms with Crippen LogP contribution in [0.4, 0.5) is 5.82 Å². The molecule has 0 spiro atoms. The largest absolute Gasteiger partial charge is 0.374 e.